The minimum Gasteiger partial charge on any atom is -0.353 e. The molecule has 0 unspecified atom stereocenters. The van der Waals surface area contributed by atoms with Crippen LogP contribution in [0.1, 0.15) is 16.8 Å². The summed E-state index contributed by atoms with van der Waals surface area (Å²) in [5, 5.41) is 4.67. The van der Waals surface area contributed by atoms with Crippen LogP contribution in [0, 0.1) is 0 Å². The van der Waals surface area contributed by atoms with Gasteiger partial charge in [0.1, 0.15) is 0 Å². The molecule has 1 aliphatic heterocycles. The van der Waals surface area contributed by atoms with E-state index in [0.717, 1.165) is 41.4 Å². The first-order valence-electron chi connectivity index (χ1n) is 9.54. The molecule has 7 nitrogen and oxygen atoms in total. The number of nitrogens with zero attached hydrogens (tertiary/aromatic N) is 3. The molecule has 4 heterocycles. The van der Waals surface area contributed by atoms with Gasteiger partial charge in [-0.1, -0.05) is 0 Å². The van der Waals surface area contributed by atoms with Crippen LogP contribution in [0.3, 0.4) is 0 Å². The summed E-state index contributed by atoms with van der Waals surface area (Å²) in [5.41, 5.74) is 3.82. The Hall–Kier alpha value is -2.97. The molecule has 0 spiro atoms. The van der Waals surface area contributed by atoms with E-state index >= 15 is 0 Å². The summed E-state index contributed by atoms with van der Waals surface area (Å²) in [6, 6.07) is 7.91. The molecule has 0 bridgehead atoms. The smallest absolute Gasteiger partial charge is 0.276 e. The van der Waals surface area contributed by atoms with Gasteiger partial charge >= 0.3 is 0 Å². The first-order valence-corrected chi connectivity index (χ1v) is 10.5. The number of hydrogen-bond donors (Lipinski definition) is 2. The van der Waals surface area contributed by atoms with E-state index in [2.05, 4.69) is 33.9 Å². The molecule has 1 saturated heterocycles. The van der Waals surface area contributed by atoms with Gasteiger partial charge in [0.2, 0.25) is 0 Å². The average molecular weight is 407 g/mol. The van der Waals surface area contributed by atoms with E-state index in [-0.39, 0.29) is 11.5 Å². The number of carbonyl (C=O) groups excluding carboxylic acids is 1. The van der Waals surface area contributed by atoms with Crippen LogP contribution in [-0.2, 0) is 0 Å². The van der Waals surface area contributed by atoms with E-state index in [1.54, 1.807) is 0 Å². The molecule has 1 aromatic carbocycles. The Bertz CT molecular complexity index is 1290. The molecule has 1 amide bonds. The highest BCUT2D eigenvalue weighted by atomic mass is 32.1. The molecule has 4 aromatic rings. The van der Waals surface area contributed by atoms with Crippen LogP contribution in [0.5, 0.6) is 0 Å². The Balaban J connectivity index is 1.48. The van der Waals surface area contributed by atoms with E-state index in [4.69, 9.17) is 0 Å². The maximum absolute atomic E-state index is 12.9. The van der Waals surface area contributed by atoms with E-state index in [1.165, 1.54) is 11.3 Å². The maximum Gasteiger partial charge on any atom is 0.276 e. The van der Waals surface area contributed by atoms with Crippen LogP contribution in [0.25, 0.3) is 33.3 Å². The number of amides is 1. The van der Waals surface area contributed by atoms with Gasteiger partial charge in [0.25, 0.3) is 11.5 Å². The summed E-state index contributed by atoms with van der Waals surface area (Å²) < 4.78 is 0. The summed E-state index contributed by atoms with van der Waals surface area (Å²) in [7, 11) is 4.10. The van der Waals surface area contributed by atoms with Crippen LogP contribution in [0.4, 0.5) is 0 Å². The van der Waals surface area contributed by atoms with Crippen LogP contribution in [-0.4, -0.2) is 63.9 Å². The number of carbonyl (C=O) groups is 1. The zero-order valence-corrected chi connectivity index (χ0v) is 17.0. The number of rotatable bonds is 3. The van der Waals surface area contributed by atoms with Gasteiger partial charge < -0.3 is 19.8 Å². The highest BCUT2D eigenvalue weighted by molar-refractivity contribution is 7.09. The largest absolute Gasteiger partial charge is 0.353 e. The first kappa shape index (κ1) is 18.1. The second kappa shape index (κ2) is 6.82. The van der Waals surface area contributed by atoms with Crippen molar-refractivity contribution < 1.29 is 4.79 Å². The van der Waals surface area contributed by atoms with Crippen molar-refractivity contribution in [1.29, 1.82) is 0 Å². The number of likely N-dealkylation sites (tertiary alicyclic amines) is 1. The van der Waals surface area contributed by atoms with Gasteiger partial charge in [-0.2, -0.15) is 0 Å². The van der Waals surface area contributed by atoms with E-state index < -0.39 is 0 Å². The van der Waals surface area contributed by atoms with Gasteiger partial charge in [-0.05, 0) is 44.8 Å². The van der Waals surface area contributed by atoms with Crippen molar-refractivity contribution >= 4 is 39.2 Å². The number of aromatic amines is 2. The van der Waals surface area contributed by atoms with Gasteiger partial charge in [0.05, 0.1) is 16.7 Å². The Morgan fingerprint density at radius 3 is 2.86 bits per heavy atom. The lowest BCUT2D eigenvalue weighted by molar-refractivity contribution is 0.0783. The molecule has 29 heavy (non-hydrogen) atoms. The fourth-order valence-corrected chi connectivity index (χ4v) is 4.62. The van der Waals surface area contributed by atoms with Gasteiger partial charge in [-0.3, -0.25) is 9.59 Å². The second-order valence-electron chi connectivity index (χ2n) is 7.73. The maximum atomic E-state index is 12.9. The fraction of sp³-hybridized carbons (Fsp3) is 0.286. The van der Waals surface area contributed by atoms with Gasteiger partial charge in [-0.25, -0.2) is 4.98 Å². The molecule has 1 aliphatic rings. The minimum atomic E-state index is -0.231. The lowest BCUT2D eigenvalue weighted by Crippen LogP contribution is -2.34. The highest BCUT2D eigenvalue weighted by Crippen LogP contribution is 2.25. The minimum absolute atomic E-state index is 0.0506. The Morgan fingerprint density at radius 1 is 1.21 bits per heavy atom. The normalized spacial score (nSPS) is 17.1. The zero-order chi connectivity index (χ0) is 20.1. The van der Waals surface area contributed by atoms with Gasteiger partial charge in [0.15, 0.2) is 5.69 Å². The number of fused-ring (bicyclic) bond motifs is 2. The lowest BCUT2D eigenvalue weighted by Gasteiger charge is -2.20. The SMILES string of the molecule is CN(C)[C@H]1CCN(C(=O)c2ccc3[nH]c(-c4nc5cscc5[nH]c4=O)cc3c2)C1. The predicted octanol–water partition coefficient (Wildman–Crippen LogP) is 2.91. The molecule has 5 rings (SSSR count). The number of aromatic nitrogens is 3. The number of thiophene rings is 1. The number of hydrogen-bond acceptors (Lipinski definition) is 5. The topological polar surface area (TPSA) is 85.1 Å². The molecule has 0 saturated carbocycles. The predicted molar refractivity (Wildman–Crippen MR) is 116 cm³/mol. The molecule has 1 fully saturated rings. The van der Waals surface area contributed by atoms with E-state index in [1.807, 2.05) is 39.9 Å². The van der Waals surface area contributed by atoms with E-state index in [0.29, 0.717) is 23.0 Å². The van der Waals surface area contributed by atoms with Crippen LogP contribution < -0.4 is 5.56 Å². The Kier molecular flexibility index (Phi) is 4.25. The number of nitrogens with one attached hydrogen (secondary N) is 2. The molecular formula is C21H21N5O2S. The third-order valence-electron chi connectivity index (χ3n) is 5.64. The molecule has 8 heteroatoms. The van der Waals surface area contributed by atoms with Crippen molar-refractivity contribution in [2.45, 2.75) is 12.5 Å². The fourth-order valence-electron chi connectivity index (χ4n) is 3.93. The van der Waals surface area contributed by atoms with Crippen LogP contribution >= 0.6 is 11.3 Å². The van der Waals surface area contributed by atoms with Crippen molar-refractivity contribution in [2.24, 2.45) is 0 Å². The second-order valence-corrected chi connectivity index (χ2v) is 8.47. The zero-order valence-electron chi connectivity index (χ0n) is 16.2. The van der Waals surface area contributed by atoms with Crippen molar-refractivity contribution in [2.75, 3.05) is 27.2 Å². The van der Waals surface area contributed by atoms with Gasteiger partial charge in [-0.15, -0.1) is 11.3 Å². The summed E-state index contributed by atoms with van der Waals surface area (Å²) in [4.78, 5) is 40.1. The Morgan fingerprint density at radius 2 is 2.07 bits per heavy atom. The average Bonchev–Trinajstić information content (AvgIpc) is 3.44. The molecule has 1 atom stereocenters. The van der Waals surface area contributed by atoms with Crippen molar-refractivity contribution in [1.82, 2.24) is 24.8 Å². The quantitative estimate of drug-likeness (QED) is 0.547. The summed E-state index contributed by atoms with van der Waals surface area (Å²) in [6.07, 6.45) is 0.995. The first-order chi connectivity index (χ1) is 14.0. The van der Waals surface area contributed by atoms with Crippen molar-refractivity contribution in [3.05, 3.63) is 50.9 Å². The van der Waals surface area contributed by atoms with Crippen molar-refractivity contribution in [3.8, 4) is 11.4 Å². The Labute approximate surface area is 171 Å². The van der Waals surface area contributed by atoms with Gasteiger partial charge in [0, 0.05) is 46.4 Å². The number of likely N-dealkylation sites (N-methyl/N-ethyl adjacent to an activating group) is 1. The molecule has 0 aliphatic carbocycles. The summed E-state index contributed by atoms with van der Waals surface area (Å²) in [6.45, 7) is 1.53. The lowest BCUT2D eigenvalue weighted by atomic mass is 10.1. The molecular weight excluding hydrogens is 386 g/mol. The van der Waals surface area contributed by atoms with E-state index in [9.17, 15) is 9.59 Å². The molecule has 0 radical (unpaired) electrons. The summed E-state index contributed by atoms with van der Waals surface area (Å²) >= 11 is 1.50. The highest BCUT2D eigenvalue weighted by Gasteiger charge is 2.28. The van der Waals surface area contributed by atoms with Crippen molar-refractivity contribution in [3.63, 3.8) is 0 Å². The third-order valence-corrected chi connectivity index (χ3v) is 6.37. The molecule has 3 aromatic heterocycles. The molecule has 148 valence electrons. The van der Waals surface area contributed by atoms with Crippen LogP contribution in [0.2, 0.25) is 0 Å². The number of H-pyrrole nitrogens is 2. The molecule has 2 N–H and O–H groups in total. The van der Waals surface area contributed by atoms with Crippen LogP contribution in [0.15, 0.2) is 39.8 Å². The monoisotopic (exact) mass is 407 g/mol. The number of benzene rings is 1. The standard InChI is InChI=1S/C21H21N5O2S/c1-25(2)14-5-6-26(9-14)21(28)12-3-4-15-13(7-12)8-16(22-15)19-20(27)24-18-11-29-10-17(18)23-19/h3-4,7-8,10-11,14,22H,5-6,9H2,1-2H3,(H,24,27)/t14-/m0/s1. The third kappa shape index (κ3) is 3.14. The summed E-state index contributed by atoms with van der Waals surface area (Å²) in [5.74, 6) is 0.0506.